The number of hydrogen-bond acceptors (Lipinski definition) is 1. The zero-order valence-corrected chi connectivity index (χ0v) is 12.0. The average molecular weight is 280 g/mol. The molecule has 2 aromatic carbocycles. The molecule has 1 unspecified atom stereocenters. The first-order chi connectivity index (χ1) is 10.3. The van der Waals surface area contributed by atoms with E-state index >= 15 is 0 Å². The Morgan fingerprint density at radius 1 is 1.05 bits per heavy atom. The number of benzene rings is 2. The Balaban J connectivity index is 1.65. The number of nitrogens with one attached hydrogen (secondary N) is 1. The number of nitrogens with zero attached hydrogens (tertiary/aromatic N) is 1. The molecule has 1 fully saturated rings. The van der Waals surface area contributed by atoms with Crippen LogP contribution >= 0.6 is 0 Å². The van der Waals surface area contributed by atoms with Gasteiger partial charge in [-0.25, -0.2) is 4.79 Å². The van der Waals surface area contributed by atoms with Crippen LogP contribution in [0.2, 0.25) is 0 Å². The van der Waals surface area contributed by atoms with E-state index in [1.165, 1.54) is 5.56 Å². The van der Waals surface area contributed by atoms with E-state index in [1.807, 2.05) is 41.3 Å². The normalized spacial score (nSPS) is 17.7. The Morgan fingerprint density at radius 2 is 1.71 bits per heavy atom. The van der Waals surface area contributed by atoms with Gasteiger partial charge in [-0.1, -0.05) is 48.5 Å². The van der Waals surface area contributed by atoms with Gasteiger partial charge in [0.25, 0.3) is 0 Å². The fraction of sp³-hybridized carbons (Fsp3) is 0.278. The summed E-state index contributed by atoms with van der Waals surface area (Å²) in [5.74, 6) is 0. The lowest BCUT2D eigenvalue weighted by molar-refractivity contribution is 0.206. The standard InChI is InChI=1S/C18H20N2O/c21-18(19-16-10-5-2-6-11-16)20-13-7-12-17(20)14-15-8-3-1-4-9-15/h1-6,8-11,17H,7,12-14H2,(H,19,21). The number of anilines is 1. The van der Waals surface area contributed by atoms with E-state index in [-0.39, 0.29) is 6.03 Å². The van der Waals surface area contributed by atoms with Crippen molar-refractivity contribution in [1.82, 2.24) is 4.90 Å². The summed E-state index contributed by atoms with van der Waals surface area (Å²) >= 11 is 0. The van der Waals surface area contributed by atoms with Crippen molar-refractivity contribution in [1.29, 1.82) is 0 Å². The first-order valence-corrected chi connectivity index (χ1v) is 7.49. The maximum Gasteiger partial charge on any atom is 0.322 e. The second-order valence-electron chi connectivity index (χ2n) is 5.48. The summed E-state index contributed by atoms with van der Waals surface area (Å²) in [6, 6.07) is 20.4. The summed E-state index contributed by atoms with van der Waals surface area (Å²) in [5.41, 5.74) is 2.15. The minimum atomic E-state index is 0.0135. The zero-order chi connectivity index (χ0) is 14.5. The van der Waals surface area contributed by atoms with Crippen LogP contribution in [0.4, 0.5) is 10.5 Å². The van der Waals surface area contributed by atoms with Gasteiger partial charge in [-0.05, 0) is 37.0 Å². The summed E-state index contributed by atoms with van der Waals surface area (Å²) in [5, 5.41) is 2.99. The van der Waals surface area contributed by atoms with Crippen LogP contribution in [-0.4, -0.2) is 23.5 Å². The number of likely N-dealkylation sites (tertiary alicyclic amines) is 1. The predicted octanol–water partition coefficient (Wildman–Crippen LogP) is 3.93. The van der Waals surface area contributed by atoms with Gasteiger partial charge in [0, 0.05) is 18.3 Å². The molecule has 0 saturated carbocycles. The lowest BCUT2D eigenvalue weighted by atomic mass is 10.0. The van der Waals surface area contributed by atoms with Gasteiger partial charge in [0.15, 0.2) is 0 Å². The van der Waals surface area contributed by atoms with Crippen LogP contribution in [0.25, 0.3) is 0 Å². The van der Waals surface area contributed by atoms with Crippen molar-refractivity contribution in [3.63, 3.8) is 0 Å². The second kappa shape index (κ2) is 6.44. The quantitative estimate of drug-likeness (QED) is 0.908. The van der Waals surface area contributed by atoms with Crippen molar-refractivity contribution in [2.24, 2.45) is 0 Å². The van der Waals surface area contributed by atoms with Gasteiger partial charge in [0.05, 0.1) is 0 Å². The third kappa shape index (κ3) is 3.43. The summed E-state index contributed by atoms with van der Waals surface area (Å²) in [4.78, 5) is 14.4. The van der Waals surface area contributed by atoms with Gasteiger partial charge >= 0.3 is 6.03 Å². The fourth-order valence-electron chi connectivity index (χ4n) is 2.92. The molecule has 1 atom stereocenters. The Hall–Kier alpha value is -2.29. The number of rotatable bonds is 3. The number of urea groups is 1. The van der Waals surface area contributed by atoms with E-state index < -0.39 is 0 Å². The summed E-state index contributed by atoms with van der Waals surface area (Å²) in [6.45, 7) is 0.843. The van der Waals surface area contributed by atoms with Crippen LogP contribution in [0.3, 0.4) is 0 Å². The third-order valence-electron chi connectivity index (χ3n) is 3.98. The lowest BCUT2D eigenvalue weighted by Gasteiger charge is -2.25. The first-order valence-electron chi connectivity index (χ1n) is 7.49. The molecule has 1 aliphatic heterocycles. The van der Waals surface area contributed by atoms with Crippen molar-refractivity contribution < 1.29 is 4.79 Å². The zero-order valence-electron chi connectivity index (χ0n) is 12.0. The van der Waals surface area contributed by atoms with E-state index in [1.54, 1.807) is 0 Å². The molecule has 0 aliphatic carbocycles. The Bertz CT molecular complexity index is 583. The van der Waals surface area contributed by atoms with E-state index in [2.05, 4.69) is 29.6 Å². The van der Waals surface area contributed by atoms with Crippen molar-refractivity contribution in [2.45, 2.75) is 25.3 Å². The van der Waals surface area contributed by atoms with Gasteiger partial charge < -0.3 is 10.2 Å². The number of para-hydroxylation sites is 1. The maximum atomic E-state index is 12.4. The number of carbonyl (C=O) groups is 1. The lowest BCUT2D eigenvalue weighted by Crippen LogP contribution is -2.39. The Morgan fingerprint density at radius 3 is 2.43 bits per heavy atom. The van der Waals surface area contributed by atoms with Crippen LogP contribution in [0, 0.1) is 0 Å². The Kier molecular flexibility index (Phi) is 4.20. The smallest absolute Gasteiger partial charge is 0.321 e. The van der Waals surface area contributed by atoms with Gasteiger partial charge in [-0.3, -0.25) is 0 Å². The molecule has 1 heterocycles. The molecule has 21 heavy (non-hydrogen) atoms. The molecule has 0 bridgehead atoms. The number of carbonyl (C=O) groups excluding carboxylic acids is 1. The monoisotopic (exact) mass is 280 g/mol. The molecule has 0 aromatic heterocycles. The van der Waals surface area contributed by atoms with Crippen LogP contribution < -0.4 is 5.32 Å². The molecular weight excluding hydrogens is 260 g/mol. The minimum Gasteiger partial charge on any atom is -0.321 e. The molecule has 1 saturated heterocycles. The van der Waals surface area contributed by atoms with Gasteiger partial charge in [-0.2, -0.15) is 0 Å². The molecule has 1 aliphatic rings. The van der Waals surface area contributed by atoms with E-state index in [4.69, 9.17) is 0 Å². The summed E-state index contributed by atoms with van der Waals surface area (Å²) < 4.78 is 0. The highest BCUT2D eigenvalue weighted by Gasteiger charge is 2.28. The molecule has 2 aromatic rings. The van der Waals surface area contributed by atoms with Gasteiger partial charge in [0.2, 0.25) is 0 Å². The van der Waals surface area contributed by atoms with Crippen molar-refractivity contribution in [3.05, 3.63) is 66.2 Å². The molecule has 2 amide bonds. The van der Waals surface area contributed by atoms with Crippen molar-refractivity contribution in [2.75, 3.05) is 11.9 Å². The molecule has 3 heteroatoms. The molecule has 3 rings (SSSR count). The SMILES string of the molecule is O=C(Nc1ccccc1)N1CCCC1Cc1ccccc1. The maximum absolute atomic E-state index is 12.4. The first kappa shape index (κ1) is 13.7. The van der Waals surface area contributed by atoms with E-state index in [0.29, 0.717) is 6.04 Å². The van der Waals surface area contributed by atoms with E-state index in [0.717, 1.165) is 31.5 Å². The molecular formula is C18H20N2O. The Labute approximate surface area is 125 Å². The molecule has 0 radical (unpaired) electrons. The molecule has 0 spiro atoms. The average Bonchev–Trinajstić information content (AvgIpc) is 2.97. The highest BCUT2D eigenvalue weighted by atomic mass is 16.2. The fourth-order valence-corrected chi connectivity index (χ4v) is 2.92. The minimum absolute atomic E-state index is 0.0135. The third-order valence-corrected chi connectivity index (χ3v) is 3.98. The van der Waals surface area contributed by atoms with Gasteiger partial charge in [-0.15, -0.1) is 0 Å². The topological polar surface area (TPSA) is 32.3 Å². The number of amides is 2. The van der Waals surface area contributed by atoms with Crippen molar-refractivity contribution in [3.8, 4) is 0 Å². The number of hydrogen-bond donors (Lipinski definition) is 1. The highest BCUT2D eigenvalue weighted by molar-refractivity contribution is 5.89. The highest BCUT2D eigenvalue weighted by Crippen LogP contribution is 2.22. The van der Waals surface area contributed by atoms with Gasteiger partial charge in [0.1, 0.15) is 0 Å². The molecule has 1 N–H and O–H groups in total. The van der Waals surface area contributed by atoms with Crippen LogP contribution in [0.5, 0.6) is 0 Å². The van der Waals surface area contributed by atoms with Crippen LogP contribution in [0.15, 0.2) is 60.7 Å². The predicted molar refractivity (Wildman–Crippen MR) is 85.3 cm³/mol. The van der Waals surface area contributed by atoms with Crippen LogP contribution in [-0.2, 0) is 6.42 Å². The van der Waals surface area contributed by atoms with Crippen LogP contribution in [0.1, 0.15) is 18.4 Å². The largest absolute Gasteiger partial charge is 0.322 e. The summed E-state index contributed by atoms with van der Waals surface area (Å²) in [6.07, 6.45) is 3.10. The summed E-state index contributed by atoms with van der Waals surface area (Å²) in [7, 11) is 0. The van der Waals surface area contributed by atoms with E-state index in [9.17, 15) is 4.79 Å². The molecule has 108 valence electrons. The molecule has 3 nitrogen and oxygen atoms in total. The second-order valence-corrected chi connectivity index (χ2v) is 5.48. The van der Waals surface area contributed by atoms with Crippen molar-refractivity contribution >= 4 is 11.7 Å².